The van der Waals surface area contributed by atoms with Crippen molar-refractivity contribution in [2.75, 3.05) is 0 Å². The van der Waals surface area contributed by atoms with Crippen molar-refractivity contribution in [3.05, 3.63) is 52.0 Å². The van der Waals surface area contributed by atoms with Crippen LogP contribution >= 0.6 is 15.9 Å². The van der Waals surface area contributed by atoms with E-state index in [1.807, 2.05) is 16.9 Å². The van der Waals surface area contributed by atoms with E-state index in [1.54, 1.807) is 12.1 Å². The van der Waals surface area contributed by atoms with Crippen molar-refractivity contribution >= 4 is 21.7 Å². The lowest BCUT2D eigenvalue weighted by Crippen LogP contribution is -2.08. The maximum absolute atomic E-state index is 13.5. The number of aromatic nitrogens is 2. The summed E-state index contributed by atoms with van der Waals surface area (Å²) in [5.41, 5.74) is 1.13. The van der Waals surface area contributed by atoms with E-state index in [9.17, 15) is 9.18 Å². The summed E-state index contributed by atoms with van der Waals surface area (Å²) in [7, 11) is 0. The Morgan fingerprint density at radius 1 is 1.33 bits per heavy atom. The second kappa shape index (κ2) is 6.10. The summed E-state index contributed by atoms with van der Waals surface area (Å²) >= 11 is 3.08. The van der Waals surface area contributed by atoms with Gasteiger partial charge < -0.3 is 0 Å². The highest BCUT2D eigenvalue weighted by Gasteiger charge is 2.18. The van der Waals surface area contributed by atoms with Gasteiger partial charge in [-0.3, -0.25) is 9.48 Å². The molecule has 1 saturated carbocycles. The van der Waals surface area contributed by atoms with Crippen LogP contribution in [0.15, 0.2) is 34.9 Å². The summed E-state index contributed by atoms with van der Waals surface area (Å²) in [6, 6.07) is 6.80. The predicted octanol–water partition coefficient (Wildman–Crippen LogP) is 4.33. The lowest BCUT2D eigenvalue weighted by atomic mass is 10.1. The second-order valence-corrected chi connectivity index (χ2v) is 6.31. The van der Waals surface area contributed by atoms with E-state index in [0.29, 0.717) is 16.1 Å². The van der Waals surface area contributed by atoms with Gasteiger partial charge in [0, 0.05) is 11.8 Å². The number of carbonyl (C=O) groups excluding carboxylic acids is 1. The van der Waals surface area contributed by atoms with Crippen LogP contribution in [0.2, 0.25) is 0 Å². The second-order valence-electron chi connectivity index (χ2n) is 5.45. The fraction of sp³-hybridized carbons (Fsp3) is 0.375. The van der Waals surface area contributed by atoms with E-state index in [1.165, 1.54) is 18.9 Å². The molecule has 21 heavy (non-hydrogen) atoms. The Hall–Kier alpha value is -1.49. The van der Waals surface area contributed by atoms with E-state index < -0.39 is 5.82 Å². The molecule has 0 unspecified atom stereocenters. The molecule has 0 radical (unpaired) electrons. The number of ketones is 1. The minimum atomic E-state index is -0.419. The molecule has 2 aromatic rings. The molecule has 1 aromatic carbocycles. The van der Waals surface area contributed by atoms with Crippen molar-refractivity contribution in [3.63, 3.8) is 0 Å². The molecule has 1 aliphatic rings. The molecule has 1 fully saturated rings. The van der Waals surface area contributed by atoms with Crippen LogP contribution in [-0.4, -0.2) is 15.6 Å². The Morgan fingerprint density at radius 2 is 2.10 bits per heavy atom. The van der Waals surface area contributed by atoms with Crippen molar-refractivity contribution in [2.24, 2.45) is 0 Å². The van der Waals surface area contributed by atoms with Crippen LogP contribution in [0.3, 0.4) is 0 Å². The van der Waals surface area contributed by atoms with Gasteiger partial charge in [-0.15, -0.1) is 0 Å². The molecular weight excluding hydrogens is 335 g/mol. The van der Waals surface area contributed by atoms with Gasteiger partial charge in [0.25, 0.3) is 0 Å². The Labute approximate surface area is 131 Å². The highest BCUT2D eigenvalue weighted by atomic mass is 79.9. The van der Waals surface area contributed by atoms with Crippen LogP contribution in [0.1, 0.15) is 47.8 Å². The lowest BCUT2D eigenvalue weighted by Gasteiger charge is -2.08. The monoisotopic (exact) mass is 350 g/mol. The number of hydrogen-bond donors (Lipinski definition) is 0. The fourth-order valence-corrected chi connectivity index (χ4v) is 3.03. The average molecular weight is 351 g/mol. The Balaban J connectivity index is 1.70. The molecule has 1 aromatic heterocycles. The van der Waals surface area contributed by atoms with Gasteiger partial charge in [-0.05, 0) is 47.0 Å². The largest absolute Gasteiger partial charge is 0.294 e. The molecule has 5 heteroatoms. The van der Waals surface area contributed by atoms with Crippen LogP contribution in [0.5, 0.6) is 0 Å². The molecule has 0 N–H and O–H groups in total. The van der Waals surface area contributed by atoms with Gasteiger partial charge in [-0.1, -0.05) is 18.9 Å². The van der Waals surface area contributed by atoms with E-state index in [0.717, 1.165) is 18.5 Å². The van der Waals surface area contributed by atoms with Gasteiger partial charge in [0.05, 0.1) is 22.6 Å². The van der Waals surface area contributed by atoms with Crippen LogP contribution in [0, 0.1) is 5.82 Å². The van der Waals surface area contributed by atoms with Crippen molar-refractivity contribution in [2.45, 2.75) is 38.1 Å². The number of rotatable bonds is 4. The molecular formula is C16H16BrFN2O. The molecule has 0 saturated heterocycles. The number of benzene rings is 1. The first-order valence-corrected chi connectivity index (χ1v) is 7.95. The molecule has 0 bridgehead atoms. The number of nitrogens with zero attached hydrogens (tertiary/aromatic N) is 2. The maximum atomic E-state index is 13.5. The number of halogens is 2. The number of hydrogen-bond acceptors (Lipinski definition) is 2. The Bertz CT molecular complexity index is 662. The molecule has 0 aliphatic heterocycles. The normalized spacial score (nSPS) is 15.5. The summed E-state index contributed by atoms with van der Waals surface area (Å²) in [4.78, 5) is 12.2. The molecule has 1 aliphatic carbocycles. The summed E-state index contributed by atoms with van der Waals surface area (Å²) < 4.78 is 15.8. The van der Waals surface area contributed by atoms with E-state index in [2.05, 4.69) is 21.0 Å². The third kappa shape index (κ3) is 3.23. The zero-order chi connectivity index (χ0) is 14.8. The van der Waals surface area contributed by atoms with E-state index in [4.69, 9.17) is 0 Å². The van der Waals surface area contributed by atoms with Crippen LogP contribution in [0.4, 0.5) is 4.39 Å². The molecule has 0 amide bonds. The maximum Gasteiger partial charge on any atom is 0.168 e. The third-order valence-corrected chi connectivity index (χ3v) is 4.59. The van der Waals surface area contributed by atoms with Crippen molar-refractivity contribution in [3.8, 4) is 0 Å². The molecule has 0 atom stereocenters. The quantitative estimate of drug-likeness (QED) is 0.769. The first-order valence-electron chi connectivity index (χ1n) is 7.16. The minimum absolute atomic E-state index is 0.113. The minimum Gasteiger partial charge on any atom is -0.294 e. The highest BCUT2D eigenvalue weighted by molar-refractivity contribution is 9.10. The smallest absolute Gasteiger partial charge is 0.168 e. The fourth-order valence-electron chi connectivity index (χ4n) is 2.78. The number of carbonyl (C=O) groups is 1. The Morgan fingerprint density at radius 3 is 2.81 bits per heavy atom. The van der Waals surface area contributed by atoms with Crippen molar-refractivity contribution in [1.82, 2.24) is 9.78 Å². The summed E-state index contributed by atoms with van der Waals surface area (Å²) in [5, 5.41) is 4.49. The standard InChI is InChI=1S/C16H16BrFN2O/c17-14-6-5-11(9-15(14)18)16(21)10-12-7-8-20(19-12)13-3-1-2-4-13/h5-9,13H,1-4,10H2. The van der Waals surface area contributed by atoms with Crippen LogP contribution in [0.25, 0.3) is 0 Å². The first kappa shape index (κ1) is 14.4. The SMILES string of the molecule is O=C(Cc1ccn(C2CCCC2)n1)c1ccc(Br)c(F)c1. The highest BCUT2D eigenvalue weighted by Crippen LogP contribution is 2.28. The molecule has 3 rings (SSSR count). The zero-order valence-corrected chi connectivity index (χ0v) is 13.1. The summed E-state index contributed by atoms with van der Waals surface area (Å²) in [5.74, 6) is -0.532. The average Bonchev–Trinajstić information content (AvgIpc) is 3.12. The van der Waals surface area contributed by atoms with E-state index in [-0.39, 0.29) is 12.2 Å². The molecule has 1 heterocycles. The van der Waals surface area contributed by atoms with Crippen molar-refractivity contribution < 1.29 is 9.18 Å². The van der Waals surface area contributed by atoms with E-state index >= 15 is 0 Å². The van der Waals surface area contributed by atoms with Gasteiger partial charge in [0.15, 0.2) is 5.78 Å². The molecule has 110 valence electrons. The third-order valence-electron chi connectivity index (χ3n) is 3.95. The number of Topliss-reactive ketones (excluding diaryl/α,β-unsaturated/α-hetero) is 1. The van der Waals surface area contributed by atoms with Gasteiger partial charge in [-0.2, -0.15) is 5.10 Å². The summed E-state index contributed by atoms with van der Waals surface area (Å²) in [6.07, 6.45) is 6.97. The first-order chi connectivity index (χ1) is 10.1. The van der Waals surface area contributed by atoms with Crippen LogP contribution in [-0.2, 0) is 6.42 Å². The predicted molar refractivity (Wildman–Crippen MR) is 81.9 cm³/mol. The summed E-state index contributed by atoms with van der Waals surface area (Å²) in [6.45, 7) is 0. The van der Waals surface area contributed by atoms with Gasteiger partial charge >= 0.3 is 0 Å². The van der Waals surface area contributed by atoms with Crippen LogP contribution < -0.4 is 0 Å². The molecule has 0 spiro atoms. The molecule has 3 nitrogen and oxygen atoms in total. The zero-order valence-electron chi connectivity index (χ0n) is 11.6. The van der Waals surface area contributed by atoms with Crippen molar-refractivity contribution in [1.29, 1.82) is 0 Å². The van der Waals surface area contributed by atoms with Gasteiger partial charge in [-0.25, -0.2) is 4.39 Å². The topological polar surface area (TPSA) is 34.9 Å². The van der Waals surface area contributed by atoms with Gasteiger partial charge in [0.1, 0.15) is 5.82 Å². The lowest BCUT2D eigenvalue weighted by molar-refractivity contribution is 0.0991. The Kier molecular flexibility index (Phi) is 4.19. The van der Waals surface area contributed by atoms with Gasteiger partial charge in [0.2, 0.25) is 0 Å².